The Morgan fingerprint density at radius 1 is 1.58 bits per heavy atom. The minimum atomic E-state index is -0.965. The van der Waals surface area contributed by atoms with Crippen molar-refractivity contribution in [2.75, 3.05) is 0 Å². The van der Waals surface area contributed by atoms with Gasteiger partial charge in [0.25, 0.3) is 5.56 Å². The van der Waals surface area contributed by atoms with Crippen molar-refractivity contribution in [2.24, 2.45) is 0 Å². The molecule has 0 atom stereocenters. The number of hydrogen-bond donors (Lipinski definition) is 1. The van der Waals surface area contributed by atoms with Gasteiger partial charge in [-0.25, -0.2) is 4.79 Å². The average Bonchev–Trinajstić information content (AvgIpc) is 2.01. The third-order valence-corrected chi connectivity index (χ3v) is 1.43. The summed E-state index contributed by atoms with van der Waals surface area (Å²) in [5.74, 6) is -0.928. The lowest BCUT2D eigenvalue weighted by molar-refractivity contribution is 0.546. The number of nitrogens with zero attached hydrogens (tertiary/aromatic N) is 1. The van der Waals surface area contributed by atoms with Crippen LogP contribution in [-0.2, 0) is 6.54 Å². The molecule has 0 bridgehead atoms. The predicted octanol–water partition coefficient (Wildman–Crippen LogP) is 0.0857. The molecule has 5 heteroatoms. The van der Waals surface area contributed by atoms with E-state index in [9.17, 15) is 14.0 Å². The van der Waals surface area contributed by atoms with Crippen molar-refractivity contribution in [1.82, 2.24) is 9.55 Å². The van der Waals surface area contributed by atoms with Crippen LogP contribution in [0, 0.1) is 5.82 Å². The van der Waals surface area contributed by atoms with Gasteiger partial charge in [-0.05, 0) is 6.42 Å². The third kappa shape index (κ3) is 1.61. The number of H-pyrrole nitrogens is 1. The van der Waals surface area contributed by atoms with Crippen LogP contribution >= 0.6 is 0 Å². The molecule has 0 radical (unpaired) electrons. The van der Waals surface area contributed by atoms with Gasteiger partial charge in [-0.1, -0.05) is 6.92 Å². The molecule has 0 aliphatic carbocycles. The summed E-state index contributed by atoms with van der Waals surface area (Å²) < 4.78 is 13.7. The van der Waals surface area contributed by atoms with E-state index in [2.05, 4.69) is 0 Å². The van der Waals surface area contributed by atoms with Crippen LogP contribution in [0.5, 0.6) is 0 Å². The molecular weight excluding hydrogens is 163 g/mol. The first-order valence-electron chi connectivity index (χ1n) is 3.64. The first kappa shape index (κ1) is 8.70. The van der Waals surface area contributed by atoms with Crippen molar-refractivity contribution in [1.29, 1.82) is 0 Å². The molecule has 0 spiro atoms. The van der Waals surface area contributed by atoms with E-state index < -0.39 is 17.1 Å². The summed E-state index contributed by atoms with van der Waals surface area (Å²) in [4.78, 5) is 23.3. The van der Waals surface area contributed by atoms with Crippen LogP contribution in [0.15, 0.2) is 15.8 Å². The molecule has 0 fully saturated rings. The molecule has 1 aromatic heterocycles. The highest BCUT2D eigenvalue weighted by Gasteiger charge is 2.01. The molecule has 1 heterocycles. The van der Waals surface area contributed by atoms with Crippen molar-refractivity contribution < 1.29 is 4.39 Å². The Hall–Kier alpha value is -1.39. The second-order valence-corrected chi connectivity index (χ2v) is 2.43. The Kier molecular flexibility index (Phi) is 2.42. The third-order valence-electron chi connectivity index (χ3n) is 1.43. The summed E-state index contributed by atoms with van der Waals surface area (Å²) in [6.45, 7) is 2.27. The van der Waals surface area contributed by atoms with Crippen LogP contribution in [0.25, 0.3) is 0 Å². The molecular formula is C7H9FN2O2. The lowest BCUT2D eigenvalue weighted by atomic mass is 10.4. The topological polar surface area (TPSA) is 54.9 Å². The number of aromatic amines is 1. The number of aromatic nitrogens is 2. The fraction of sp³-hybridized carbons (Fsp3) is 0.429. The van der Waals surface area contributed by atoms with Crippen molar-refractivity contribution in [3.05, 3.63) is 32.9 Å². The van der Waals surface area contributed by atoms with E-state index in [1.807, 2.05) is 11.9 Å². The Labute approximate surface area is 67.7 Å². The lowest BCUT2D eigenvalue weighted by Crippen LogP contribution is -2.31. The summed E-state index contributed by atoms with van der Waals surface area (Å²) in [6, 6.07) is 0. The highest BCUT2D eigenvalue weighted by Crippen LogP contribution is 1.86. The molecule has 0 aliphatic heterocycles. The molecule has 1 aromatic rings. The summed E-state index contributed by atoms with van der Waals surface area (Å²) in [5, 5.41) is 0. The van der Waals surface area contributed by atoms with Crippen molar-refractivity contribution >= 4 is 0 Å². The Bertz CT molecular complexity index is 380. The van der Waals surface area contributed by atoms with Crippen LogP contribution in [0.1, 0.15) is 13.3 Å². The zero-order valence-corrected chi connectivity index (χ0v) is 6.63. The van der Waals surface area contributed by atoms with E-state index in [1.165, 1.54) is 0 Å². The molecule has 0 amide bonds. The van der Waals surface area contributed by atoms with Gasteiger partial charge in [-0.15, -0.1) is 0 Å². The highest BCUT2D eigenvalue weighted by atomic mass is 19.1. The zero-order valence-electron chi connectivity index (χ0n) is 6.63. The van der Waals surface area contributed by atoms with E-state index in [4.69, 9.17) is 0 Å². The SMILES string of the molecule is CCCn1cc(F)c(=O)[nH]c1=O. The minimum Gasteiger partial charge on any atom is -0.298 e. The van der Waals surface area contributed by atoms with Crippen LogP contribution in [0.4, 0.5) is 4.39 Å². The maximum Gasteiger partial charge on any atom is 0.328 e. The Morgan fingerprint density at radius 3 is 2.83 bits per heavy atom. The number of hydrogen-bond acceptors (Lipinski definition) is 2. The largest absolute Gasteiger partial charge is 0.328 e. The summed E-state index contributed by atoms with van der Waals surface area (Å²) >= 11 is 0. The number of halogens is 1. The molecule has 1 rings (SSSR count). The molecule has 66 valence electrons. The second kappa shape index (κ2) is 3.34. The van der Waals surface area contributed by atoms with Gasteiger partial charge in [0.15, 0.2) is 0 Å². The van der Waals surface area contributed by atoms with E-state index in [0.29, 0.717) is 13.0 Å². The standard InChI is InChI=1S/C7H9FN2O2/c1-2-3-10-4-5(8)6(11)9-7(10)12/h4H,2-3H2,1H3,(H,9,11,12). The highest BCUT2D eigenvalue weighted by molar-refractivity contribution is 4.86. The van der Waals surface area contributed by atoms with Gasteiger partial charge in [0, 0.05) is 6.54 Å². The van der Waals surface area contributed by atoms with Gasteiger partial charge in [0.05, 0.1) is 6.20 Å². The molecule has 1 N–H and O–H groups in total. The lowest BCUT2D eigenvalue weighted by Gasteiger charge is -2.00. The van der Waals surface area contributed by atoms with E-state index in [-0.39, 0.29) is 0 Å². The first-order valence-corrected chi connectivity index (χ1v) is 3.64. The van der Waals surface area contributed by atoms with Crippen molar-refractivity contribution in [2.45, 2.75) is 19.9 Å². The van der Waals surface area contributed by atoms with Gasteiger partial charge in [0.1, 0.15) is 0 Å². The van der Waals surface area contributed by atoms with Crippen molar-refractivity contribution in [3.63, 3.8) is 0 Å². The summed E-state index contributed by atoms with van der Waals surface area (Å²) in [6.07, 6.45) is 1.63. The minimum absolute atomic E-state index is 0.409. The first-order chi connectivity index (χ1) is 5.65. The van der Waals surface area contributed by atoms with Gasteiger partial charge < -0.3 is 0 Å². The Balaban J connectivity index is 3.24. The van der Waals surface area contributed by atoms with Crippen LogP contribution in [0.2, 0.25) is 0 Å². The molecule has 0 unspecified atom stereocenters. The maximum atomic E-state index is 12.6. The predicted molar refractivity (Wildman–Crippen MR) is 41.6 cm³/mol. The van der Waals surface area contributed by atoms with E-state index >= 15 is 0 Å². The molecule has 0 saturated carbocycles. The van der Waals surface area contributed by atoms with Gasteiger partial charge in [-0.2, -0.15) is 4.39 Å². The summed E-state index contributed by atoms with van der Waals surface area (Å²) in [5.41, 5.74) is -1.53. The zero-order chi connectivity index (χ0) is 9.14. The van der Waals surface area contributed by atoms with Gasteiger partial charge in [-0.3, -0.25) is 14.3 Å². The molecule has 4 nitrogen and oxygen atoms in total. The molecule has 0 saturated heterocycles. The van der Waals surface area contributed by atoms with Crippen molar-refractivity contribution in [3.8, 4) is 0 Å². The van der Waals surface area contributed by atoms with Gasteiger partial charge in [0.2, 0.25) is 5.82 Å². The van der Waals surface area contributed by atoms with Crippen LogP contribution in [-0.4, -0.2) is 9.55 Å². The fourth-order valence-corrected chi connectivity index (χ4v) is 0.890. The Morgan fingerprint density at radius 2 is 2.25 bits per heavy atom. The smallest absolute Gasteiger partial charge is 0.298 e. The molecule has 0 aliphatic rings. The second-order valence-electron chi connectivity index (χ2n) is 2.43. The maximum absolute atomic E-state index is 12.6. The number of rotatable bonds is 2. The fourth-order valence-electron chi connectivity index (χ4n) is 0.890. The number of aryl methyl sites for hydroxylation is 1. The van der Waals surface area contributed by atoms with Gasteiger partial charge >= 0.3 is 5.69 Å². The molecule has 0 aromatic carbocycles. The van der Waals surface area contributed by atoms with Crippen LogP contribution < -0.4 is 11.2 Å². The molecule has 12 heavy (non-hydrogen) atoms. The quantitative estimate of drug-likeness (QED) is 0.687. The van der Waals surface area contributed by atoms with E-state index in [1.54, 1.807) is 0 Å². The monoisotopic (exact) mass is 172 g/mol. The average molecular weight is 172 g/mol. The normalized spacial score (nSPS) is 10.2. The van der Waals surface area contributed by atoms with Crippen LogP contribution in [0.3, 0.4) is 0 Å². The van der Waals surface area contributed by atoms with E-state index in [0.717, 1.165) is 10.8 Å². The summed E-state index contributed by atoms with van der Waals surface area (Å²) in [7, 11) is 0. The number of nitrogens with one attached hydrogen (secondary N) is 1.